The lowest BCUT2D eigenvalue weighted by Crippen LogP contribution is -2.40. The predicted molar refractivity (Wildman–Crippen MR) is 117 cm³/mol. The number of carboxylic acid groups (broad SMARTS) is 1. The molecule has 0 fully saturated rings. The number of rotatable bonds is 6. The first-order valence-corrected chi connectivity index (χ1v) is 10.8. The van der Waals surface area contributed by atoms with E-state index in [0.29, 0.717) is 17.6 Å². The molecule has 1 aliphatic carbocycles. The minimum absolute atomic E-state index is 0.0171. The van der Waals surface area contributed by atoms with Crippen LogP contribution in [0.2, 0.25) is 0 Å². The Balaban J connectivity index is 1.70. The average Bonchev–Trinajstić information content (AvgIpc) is 3.12. The molecule has 2 aromatic heterocycles. The van der Waals surface area contributed by atoms with E-state index >= 15 is 0 Å². The molecule has 7 heteroatoms. The molecule has 1 atom stereocenters. The Labute approximate surface area is 179 Å². The van der Waals surface area contributed by atoms with Gasteiger partial charge in [0.05, 0.1) is 0 Å². The summed E-state index contributed by atoms with van der Waals surface area (Å²) >= 11 is 0. The highest BCUT2D eigenvalue weighted by molar-refractivity contribution is 6.00. The van der Waals surface area contributed by atoms with Gasteiger partial charge in [0.1, 0.15) is 23.0 Å². The van der Waals surface area contributed by atoms with Gasteiger partial charge >= 0.3 is 11.6 Å². The van der Waals surface area contributed by atoms with E-state index in [0.717, 1.165) is 58.9 Å². The molecule has 31 heavy (non-hydrogen) atoms. The summed E-state index contributed by atoms with van der Waals surface area (Å²) in [6.45, 7) is 5.47. The monoisotopic (exact) mass is 425 g/mol. The molecular formula is C24H27NO6. The van der Waals surface area contributed by atoms with Crippen molar-refractivity contribution in [3.05, 3.63) is 44.5 Å². The highest BCUT2D eigenvalue weighted by atomic mass is 16.4. The SMILES string of the molecule is CCC(NC(=O)CCc1c(C)c2cc3c4c(oc3c(C)c2oc1=O)CCCC4)C(=O)O. The molecule has 0 radical (unpaired) electrons. The zero-order valence-electron chi connectivity index (χ0n) is 18.1. The topological polar surface area (TPSA) is 110 Å². The molecule has 2 heterocycles. The van der Waals surface area contributed by atoms with E-state index in [-0.39, 0.29) is 12.8 Å². The molecule has 1 amide bonds. The first kappa shape index (κ1) is 21.2. The highest BCUT2D eigenvalue weighted by Crippen LogP contribution is 2.37. The van der Waals surface area contributed by atoms with Crippen LogP contribution in [0.1, 0.15) is 60.6 Å². The Kier molecular flexibility index (Phi) is 5.60. The zero-order valence-corrected chi connectivity index (χ0v) is 18.1. The van der Waals surface area contributed by atoms with Gasteiger partial charge in [0, 0.05) is 40.3 Å². The van der Waals surface area contributed by atoms with Gasteiger partial charge in [-0.3, -0.25) is 4.79 Å². The summed E-state index contributed by atoms with van der Waals surface area (Å²) in [6.07, 6.45) is 4.66. The van der Waals surface area contributed by atoms with Crippen molar-refractivity contribution >= 4 is 33.8 Å². The number of aryl methyl sites for hydroxylation is 4. The lowest BCUT2D eigenvalue weighted by Gasteiger charge is -2.13. The number of benzene rings is 1. The lowest BCUT2D eigenvalue weighted by molar-refractivity contribution is -0.141. The van der Waals surface area contributed by atoms with Crippen molar-refractivity contribution in [3.63, 3.8) is 0 Å². The second-order valence-corrected chi connectivity index (χ2v) is 8.33. The number of amides is 1. The number of fused-ring (bicyclic) bond motifs is 4. The maximum Gasteiger partial charge on any atom is 0.339 e. The number of nitrogens with one attached hydrogen (secondary N) is 1. The Bertz CT molecular complexity index is 1250. The molecule has 164 valence electrons. The van der Waals surface area contributed by atoms with Gasteiger partial charge < -0.3 is 19.3 Å². The maximum atomic E-state index is 12.7. The van der Waals surface area contributed by atoms with Crippen molar-refractivity contribution in [2.24, 2.45) is 0 Å². The second kappa shape index (κ2) is 8.21. The van der Waals surface area contributed by atoms with Crippen molar-refractivity contribution in [1.82, 2.24) is 5.32 Å². The first-order valence-electron chi connectivity index (χ1n) is 10.8. The van der Waals surface area contributed by atoms with Gasteiger partial charge in [-0.15, -0.1) is 0 Å². The lowest BCUT2D eigenvalue weighted by atomic mass is 9.93. The molecule has 0 saturated carbocycles. The average molecular weight is 425 g/mol. The summed E-state index contributed by atoms with van der Waals surface area (Å²) < 4.78 is 11.8. The molecule has 1 aromatic carbocycles. The van der Waals surface area contributed by atoms with Gasteiger partial charge in [-0.25, -0.2) is 9.59 Å². The van der Waals surface area contributed by atoms with E-state index in [1.54, 1.807) is 6.92 Å². The van der Waals surface area contributed by atoms with Crippen molar-refractivity contribution in [2.45, 2.75) is 71.8 Å². The molecular weight excluding hydrogens is 398 g/mol. The molecule has 0 saturated heterocycles. The number of carboxylic acids is 1. The molecule has 4 rings (SSSR count). The summed E-state index contributed by atoms with van der Waals surface area (Å²) in [4.78, 5) is 36.1. The summed E-state index contributed by atoms with van der Waals surface area (Å²) in [7, 11) is 0. The second-order valence-electron chi connectivity index (χ2n) is 8.33. The van der Waals surface area contributed by atoms with Crippen molar-refractivity contribution < 1.29 is 23.5 Å². The first-order chi connectivity index (χ1) is 14.8. The maximum absolute atomic E-state index is 12.7. The van der Waals surface area contributed by atoms with Crippen LogP contribution in [0.15, 0.2) is 19.7 Å². The van der Waals surface area contributed by atoms with E-state index in [4.69, 9.17) is 13.9 Å². The number of hydrogen-bond acceptors (Lipinski definition) is 5. The number of carbonyl (C=O) groups is 2. The number of aliphatic carboxylic acids is 1. The number of furan rings is 1. The van der Waals surface area contributed by atoms with Crippen molar-refractivity contribution in [2.75, 3.05) is 0 Å². The molecule has 1 unspecified atom stereocenters. The van der Waals surface area contributed by atoms with Gasteiger partial charge in [-0.05, 0) is 57.6 Å². The van der Waals surface area contributed by atoms with Crippen LogP contribution in [0.3, 0.4) is 0 Å². The van der Waals surface area contributed by atoms with Crippen LogP contribution in [0.4, 0.5) is 0 Å². The highest BCUT2D eigenvalue weighted by Gasteiger charge is 2.23. The summed E-state index contributed by atoms with van der Waals surface area (Å²) in [6, 6.07) is 1.12. The molecule has 3 aromatic rings. The van der Waals surface area contributed by atoms with Crippen LogP contribution in [0.5, 0.6) is 0 Å². The van der Waals surface area contributed by atoms with Gasteiger partial charge in [-0.1, -0.05) is 6.92 Å². The fourth-order valence-electron chi connectivity index (χ4n) is 4.55. The zero-order chi connectivity index (χ0) is 22.3. The van der Waals surface area contributed by atoms with Crippen molar-refractivity contribution in [1.29, 1.82) is 0 Å². The van der Waals surface area contributed by atoms with E-state index in [1.165, 1.54) is 5.56 Å². The van der Waals surface area contributed by atoms with Crippen LogP contribution < -0.4 is 10.9 Å². The van der Waals surface area contributed by atoms with Crippen LogP contribution in [-0.4, -0.2) is 23.0 Å². The molecule has 0 aliphatic heterocycles. The number of hydrogen-bond donors (Lipinski definition) is 2. The minimum Gasteiger partial charge on any atom is -0.480 e. The quantitative estimate of drug-likeness (QED) is 0.579. The number of carbonyl (C=O) groups excluding carboxylic acids is 1. The van der Waals surface area contributed by atoms with Crippen LogP contribution in [-0.2, 0) is 28.9 Å². The minimum atomic E-state index is -1.07. The van der Waals surface area contributed by atoms with Gasteiger partial charge in [0.2, 0.25) is 5.91 Å². The van der Waals surface area contributed by atoms with E-state index in [9.17, 15) is 14.4 Å². The fourth-order valence-corrected chi connectivity index (χ4v) is 4.55. The van der Waals surface area contributed by atoms with Crippen LogP contribution >= 0.6 is 0 Å². The predicted octanol–water partition coefficient (Wildman–Crippen LogP) is 3.95. The smallest absolute Gasteiger partial charge is 0.339 e. The van der Waals surface area contributed by atoms with Gasteiger partial charge in [0.15, 0.2) is 0 Å². The summed E-state index contributed by atoms with van der Waals surface area (Å²) in [5.74, 6) is -0.440. The van der Waals surface area contributed by atoms with E-state index in [2.05, 4.69) is 5.32 Å². The molecule has 0 bridgehead atoms. The third-order valence-corrected chi connectivity index (χ3v) is 6.37. The molecule has 0 spiro atoms. The van der Waals surface area contributed by atoms with Crippen LogP contribution in [0.25, 0.3) is 21.9 Å². The van der Waals surface area contributed by atoms with Gasteiger partial charge in [-0.2, -0.15) is 0 Å². The van der Waals surface area contributed by atoms with Crippen LogP contribution in [0, 0.1) is 13.8 Å². The molecule has 1 aliphatic rings. The Hall–Kier alpha value is -3.09. The van der Waals surface area contributed by atoms with Gasteiger partial charge in [0.25, 0.3) is 0 Å². The summed E-state index contributed by atoms with van der Waals surface area (Å²) in [5, 5.41) is 13.5. The summed E-state index contributed by atoms with van der Waals surface area (Å²) in [5.41, 5.74) is 4.14. The Morgan fingerprint density at radius 1 is 1.10 bits per heavy atom. The molecule has 2 N–H and O–H groups in total. The normalized spacial score (nSPS) is 14.5. The largest absolute Gasteiger partial charge is 0.480 e. The third kappa shape index (κ3) is 3.73. The molecule has 7 nitrogen and oxygen atoms in total. The standard InChI is InChI=1S/C24H27NO6/c1-4-18(23(27)28)25-20(26)10-9-14-12(2)16-11-17-15-7-5-6-8-19(15)30-22(17)13(3)21(16)31-24(14)29/h11,18H,4-10H2,1-3H3,(H,25,26)(H,27,28). The Morgan fingerprint density at radius 2 is 1.81 bits per heavy atom. The van der Waals surface area contributed by atoms with Crippen molar-refractivity contribution in [3.8, 4) is 0 Å². The van der Waals surface area contributed by atoms with E-state index < -0.39 is 23.5 Å². The third-order valence-electron chi connectivity index (χ3n) is 6.37. The Morgan fingerprint density at radius 3 is 2.52 bits per heavy atom. The van der Waals surface area contributed by atoms with E-state index in [1.807, 2.05) is 19.9 Å². The fraction of sp³-hybridized carbons (Fsp3) is 0.458.